The zero-order valence-electron chi connectivity index (χ0n) is 16.7. The summed E-state index contributed by atoms with van der Waals surface area (Å²) in [4.78, 5) is 26.8. The Morgan fingerprint density at radius 1 is 1.17 bits per heavy atom. The van der Waals surface area contributed by atoms with Gasteiger partial charge in [0, 0.05) is 17.1 Å². The number of rotatable bonds is 7. The molecule has 2 atom stereocenters. The predicted octanol–water partition coefficient (Wildman–Crippen LogP) is 3.26. The molecule has 0 spiro atoms. The molecule has 30 heavy (non-hydrogen) atoms. The number of hydrogen-bond donors (Lipinski definition) is 0. The van der Waals surface area contributed by atoms with Crippen LogP contribution in [0.3, 0.4) is 0 Å². The van der Waals surface area contributed by atoms with Gasteiger partial charge < -0.3 is 14.4 Å². The number of halogens is 2. The maximum atomic E-state index is 12.9. The molecule has 0 radical (unpaired) electrons. The number of ether oxygens (including phenoxy) is 2. The largest absolute Gasteiger partial charge is 0.477 e. The quantitative estimate of drug-likeness (QED) is 0.559. The Morgan fingerprint density at radius 2 is 1.87 bits per heavy atom. The first-order valence-corrected chi connectivity index (χ1v) is 12.5. The molecular weight excluding hydrogens is 453 g/mol. The smallest absolute Gasteiger partial charge is 0.347 e. The van der Waals surface area contributed by atoms with E-state index in [1.54, 1.807) is 17.0 Å². The van der Waals surface area contributed by atoms with Crippen molar-refractivity contribution in [1.29, 1.82) is 0 Å². The van der Waals surface area contributed by atoms with Gasteiger partial charge in [-0.1, -0.05) is 36.0 Å². The van der Waals surface area contributed by atoms with Crippen molar-refractivity contribution in [1.82, 2.24) is 4.90 Å². The molecule has 2 fully saturated rings. The Bertz CT molecular complexity index is 901. The van der Waals surface area contributed by atoms with Crippen LogP contribution in [0.1, 0.15) is 39.0 Å². The minimum absolute atomic E-state index is 0.00366. The van der Waals surface area contributed by atoms with Crippen molar-refractivity contribution >= 4 is 44.9 Å². The molecule has 0 unspecified atom stereocenters. The van der Waals surface area contributed by atoms with Crippen molar-refractivity contribution in [3.63, 3.8) is 0 Å². The lowest BCUT2D eigenvalue weighted by Crippen LogP contribution is -2.48. The summed E-state index contributed by atoms with van der Waals surface area (Å²) in [5.74, 6) is -0.743. The summed E-state index contributed by atoms with van der Waals surface area (Å²) in [7, 11) is -3.13. The zero-order valence-corrected chi connectivity index (χ0v) is 19.0. The maximum Gasteiger partial charge on any atom is 0.347 e. The maximum absolute atomic E-state index is 12.9. The number of carbonyl (C=O) groups excluding carboxylic acids is 2. The molecule has 0 N–H and O–H groups in total. The summed E-state index contributed by atoms with van der Waals surface area (Å²) in [5.41, 5.74) is 0. The number of nitrogens with zero attached hydrogens (tertiary/aromatic N) is 1. The lowest BCUT2D eigenvalue weighted by Gasteiger charge is -2.34. The van der Waals surface area contributed by atoms with E-state index in [1.807, 2.05) is 0 Å². The van der Waals surface area contributed by atoms with E-state index in [0.29, 0.717) is 11.4 Å². The first kappa shape index (κ1) is 23.2. The van der Waals surface area contributed by atoms with Crippen LogP contribution < -0.4 is 4.74 Å². The third-order valence-corrected chi connectivity index (χ3v) is 7.76. The number of hydrogen-bond acceptors (Lipinski definition) is 6. The van der Waals surface area contributed by atoms with E-state index in [-0.39, 0.29) is 40.3 Å². The highest BCUT2D eigenvalue weighted by atomic mass is 35.5. The van der Waals surface area contributed by atoms with Crippen LogP contribution in [-0.4, -0.2) is 61.5 Å². The lowest BCUT2D eigenvalue weighted by atomic mass is 10.1. The molecule has 2 aliphatic rings. The van der Waals surface area contributed by atoms with Crippen molar-refractivity contribution in [2.24, 2.45) is 0 Å². The van der Waals surface area contributed by atoms with Crippen LogP contribution in [0, 0.1) is 0 Å². The first-order valence-electron chi connectivity index (χ1n) is 9.96. The molecule has 1 saturated carbocycles. The molecule has 1 aromatic carbocycles. The second-order valence-corrected chi connectivity index (χ2v) is 10.8. The van der Waals surface area contributed by atoms with E-state index in [0.717, 1.165) is 25.7 Å². The standard InChI is InChI=1S/C20H25Cl2NO6S/c1-13(29-18-7-6-14(21)10-17(18)22)20(25)28-11-19(24)23(15-4-2-3-5-15)16-8-9-30(26,27)12-16/h6-7,10,13,15-16H,2-5,8-9,11-12H2,1H3/t13-,16+/m0/s1. The monoisotopic (exact) mass is 477 g/mol. The predicted molar refractivity (Wildman–Crippen MR) is 114 cm³/mol. The summed E-state index contributed by atoms with van der Waals surface area (Å²) < 4.78 is 34.5. The molecule has 0 aromatic heterocycles. The summed E-state index contributed by atoms with van der Waals surface area (Å²) in [6.45, 7) is 1.05. The van der Waals surface area contributed by atoms with Gasteiger partial charge in [-0.3, -0.25) is 4.79 Å². The molecule has 1 aliphatic carbocycles. The first-order chi connectivity index (χ1) is 14.2. The van der Waals surface area contributed by atoms with Gasteiger partial charge in [-0.25, -0.2) is 13.2 Å². The molecule has 1 saturated heterocycles. The lowest BCUT2D eigenvalue weighted by molar-refractivity contribution is -0.159. The summed E-state index contributed by atoms with van der Waals surface area (Å²) >= 11 is 11.9. The summed E-state index contributed by atoms with van der Waals surface area (Å²) in [6, 6.07) is 4.26. The topological polar surface area (TPSA) is 90.0 Å². The van der Waals surface area contributed by atoms with E-state index < -0.39 is 28.5 Å². The van der Waals surface area contributed by atoms with Gasteiger partial charge in [-0.15, -0.1) is 0 Å². The highest BCUT2D eigenvalue weighted by molar-refractivity contribution is 7.91. The van der Waals surface area contributed by atoms with Crippen LogP contribution in [0.5, 0.6) is 5.75 Å². The van der Waals surface area contributed by atoms with Crippen LogP contribution >= 0.6 is 23.2 Å². The molecule has 1 aliphatic heterocycles. The van der Waals surface area contributed by atoms with Crippen molar-refractivity contribution < 1.29 is 27.5 Å². The Balaban J connectivity index is 1.59. The Morgan fingerprint density at radius 3 is 2.47 bits per heavy atom. The van der Waals surface area contributed by atoms with Crippen molar-refractivity contribution in [3.8, 4) is 5.75 Å². The number of sulfone groups is 1. The van der Waals surface area contributed by atoms with Gasteiger partial charge in [-0.05, 0) is 44.4 Å². The van der Waals surface area contributed by atoms with Crippen molar-refractivity contribution in [3.05, 3.63) is 28.2 Å². The van der Waals surface area contributed by atoms with Crippen molar-refractivity contribution in [2.45, 2.75) is 57.2 Å². The summed E-state index contributed by atoms with van der Waals surface area (Å²) in [6.07, 6.45) is 3.12. The number of benzene rings is 1. The van der Waals surface area contributed by atoms with Crippen LogP contribution in [0.4, 0.5) is 0 Å². The molecule has 3 rings (SSSR count). The summed E-state index contributed by atoms with van der Waals surface area (Å²) in [5, 5.41) is 0.696. The Labute approximate surface area is 186 Å². The van der Waals surface area contributed by atoms with Crippen LogP contribution in [-0.2, 0) is 24.2 Å². The average Bonchev–Trinajstić information content (AvgIpc) is 3.32. The second-order valence-electron chi connectivity index (χ2n) is 7.74. The van der Waals surface area contributed by atoms with Gasteiger partial charge in [0.1, 0.15) is 5.75 Å². The molecule has 7 nitrogen and oxygen atoms in total. The van der Waals surface area contributed by atoms with Gasteiger partial charge >= 0.3 is 5.97 Å². The molecule has 0 bridgehead atoms. The van der Waals surface area contributed by atoms with Gasteiger partial charge in [0.15, 0.2) is 22.5 Å². The highest BCUT2D eigenvalue weighted by Gasteiger charge is 2.39. The van der Waals surface area contributed by atoms with E-state index in [4.69, 9.17) is 32.7 Å². The van der Waals surface area contributed by atoms with E-state index >= 15 is 0 Å². The normalized spacial score (nSPS) is 21.9. The number of amides is 1. The van der Waals surface area contributed by atoms with Crippen LogP contribution in [0.25, 0.3) is 0 Å². The fourth-order valence-corrected chi connectivity index (χ4v) is 6.18. The fraction of sp³-hybridized carbons (Fsp3) is 0.600. The SMILES string of the molecule is C[C@H](Oc1ccc(Cl)cc1Cl)C(=O)OCC(=O)N(C1CCCC1)[C@@H]1CCS(=O)(=O)C1. The fourth-order valence-electron chi connectivity index (χ4n) is 4.02. The molecule has 1 amide bonds. The van der Waals surface area contributed by atoms with Gasteiger partial charge in [-0.2, -0.15) is 0 Å². The second kappa shape index (κ2) is 9.75. The van der Waals surface area contributed by atoms with E-state index in [2.05, 4.69) is 0 Å². The molecule has 166 valence electrons. The van der Waals surface area contributed by atoms with Gasteiger partial charge in [0.2, 0.25) is 0 Å². The zero-order chi connectivity index (χ0) is 21.9. The van der Waals surface area contributed by atoms with E-state index in [9.17, 15) is 18.0 Å². The van der Waals surface area contributed by atoms with E-state index in [1.165, 1.54) is 13.0 Å². The van der Waals surface area contributed by atoms with Crippen LogP contribution in [0.2, 0.25) is 10.0 Å². The third-order valence-electron chi connectivity index (χ3n) is 5.48. The average molecular weight is 478 g/mol. The van der Waals surface area contributed by atoms with Crippen molar-refractivity contribution in [2.75, 3.05) is 18.1 Å². The third kappa shape index (κ3) is 5.80. The van der Waals surface area contributed by atoms with Gasteiger partial charge in [0.25, 0.3) is 5.91 Å². The van der Waals surface area contributed by atoms with Crippen LogP contribution in [0.15, 0.2) is 18.2 Å². The Kier molecular flexibility index (Phi) is 7.52. The minimum atomic E-state index is -3.13. The molecular formula is C20H25Cl2NO6S. The molecule has 10 heteroatoms. The van der Waals surface area contributed by atoms with Gasteiger partial charge in [0.05, 0.1) is 16.5 Å². The molecule has 1 heterocycles. The highest BCUT2D eigenvalue weighted by Crippen LogP contribution is 2.30. The number of carbonyl (C=O) groups is 2. The Hall–Kier alpha value is -1.51. The molecule has 1 aromatic rings. The minimum Gasteiger partial charge on any atom is -0.477 e. The number of esters is 1.